The topological polar surface area (TPSA) is 0 Å². The van der Waals surface area contributed by atoms with E-state index in [2.05, 4.69) is 27.7 Å². The van der Waals surface area contributed by atoms with Crippen LogP contribution in [0.1, 0.15) is 79.6 Å². The smallest absolute Gasteiger partial charge is 0.108 e. The fourth-order valence-corrected chi connectivity index (χ4v) is 2.46. The molecule has 0 amide bonds. The standard InChI is InChI=1S/C15H31F/c1-6-8-14(9-7-2)12-15(5,16)11-10-13(3)4/h13-14H,6-12H2,1-5H3. The van der Waals surface area contributed by atoms with Crippen LogP contribution in [0, 0.1) is 11.8 Å². The van der Waals surface area contributed by atoms with E-state index in [1.807, 2.05) is 0 Å². The lowest BCUT2D eigenvalue weighted by Crippen LogP contribution is -2.23. The highest BCUT2D eigenvalue weighted by Crippen LogP contribution is 2.32. The highest BCUT2D eigenvalue weighted by atomic mass is 19.1. The van der Waals surface area contributed by atoms with Crippen molar-refractivity contribution in [3.63, 3.8) is 0 Å². The quantitative estimate of drug-likeness (QED) is 0.472. The minimum atomic E-state index is -0.945. The van der Waals surface area contributed by atoms with Crippen molar-refractivity contribution in [2.24, 2.45) is 11.8 Å². The van der Waals surface area contributed by atoms with Gasteiger partial charge in [0.25, 0.3) is 0 Å². The van der Waals surface area contributed by atoms with E-state index >= 15 is 0 Å². The summed E-state index contributed by atoms with van der Waals surface area (Å²) in [6.45, 7) is 10.5. The minimum absolute atomic E-state index is 0.595. The van der Waals surface area contributed by atoms with Crippen molar-refractivity contribution in [1.29, 1.82) is 0 Å². The van der Waals surface area contributed by atoms with Crippen LogP contribution in [0.2, 0.25) is 0 Å². The summed E-state index contributed by atoms with van der Waals surface area (Å²) in [5, 5.41) is 0. The lowest BCUT2D eigenvalue weighted by atomic mass is 9.84. The minimum Gasteiger partial charge on any atom is -0.244 e. The second-order valence-corrected chi connectivity index (χ2v) is 5.99. The van der Waals surface area contributed by atoms with Crippen LogP contribution < -0.4 is 0 Å². The first kappa shape index (κ1) is 15.9. The monoisotopic (exact) mass is 230 g/mol. The number of alkyl halides is 1. The first-order valence-corrected chi connectivity index (χ1v) is 7.10. The van der Waals surface area contributed by atoms with Crippen LogP contribution >= 0.6 is 0 Å². The lowest BCUT2D eigenvalue weighted by molar-refractivity contribution is 0.119. The Labute approximate surface area is 102 Å². The molecule has 0 aromatic rings. The third-order valence-corrected chi connectivity index (χ3v) is 3.35. The summed E-state index contributed by atoms with van der Waals surface area (Å²) in [6.07, 6.45) is 7.26. The Morgan fingerprint density at radius 1 is 1.00 bits per heavy atom. The zero-order valence-electron chi connectivity index (χ0n) is 12.0. The van der Waals surface area contributed by atoms with Gasteiger partial charge in [-0.3, -0.25) is 0 Å². The molecule has 98 valence electrons. The molecule has 0 spiro atoms. The van der Waals surface area contributed by atoms with Crippen molar-refractivity contribution in [3.05, 3.63) is 0 Å². The van der Waals surface area contributed by atoms with Crippen molar-refractivity contribution < 1.29 is 4.39 Å². The largest absolute Gasteiger partial charge is 0.244 e. The molecule has 0 bridgehead atoms. The predicted octanol–water partition coefficient (Wildman–Crippen LogP) is 5.76. The normalized spacial score (nSPS) is 15.8. The molecular weight excluding hydrogens is 199 g/mol. The van der Waals surface area contributed by atoms with Gasteiger partial charge in [-0.25, -0.2) is 4.39 Å². The van der Waals surface area contributed by atoms with E-state index < -0.39 is 5.67 Å². The Bertz CT molecular complexity index is 155. The Morgan fingerprint density at radius 2 is 1.50 bits per heavy atom. The summed E-state index contributed by atoms with van der Waals surface area (Å²) in [5.41, 5.74) is -0.945. The SMILES string of the molecule is CCCC(CCC)CC(C)(F)CCC(C)C. The van der Waals surface area contributed by atoms with Crippen LogP contribution in [-0.2, 0) is 0 Å². The van der Waals surface area contributed by atoms with Crippen LogP contribution in [0.3, 0.4) is 0 Å². The van der Waals surface area contributed by atoms with Gasteiger partial charge in [0.15, 0.2) is 0 Å². The summed E-state index contributed by atoms with van der Waals surface area (Å²) in [5.74, 6) is 1.21. The van der Waals surface area contributed by atoms with Crippen LogP contribution in [0.25, 0.3) is 0 Å². The fraction of sp³-hybridized carbons (Fsp3) is 1.00. The van der Waals surface area contributed by atoms with Gasteiger partial charge in [0.1, 0.15) is 5.67 Å². The molecule has 0 saturated heterocycles. The van der Waals surface area contributed by atoms with Gasteiger partial charge in [-0.1, -0.05) is 53.4 Å². The predicted molar refractivity (Wildman–Crippen MR) is 71.5 cm³/mol. The highest BCUT2D eigenvalue weighted by Gasteiger charge is 2.26. The maximum atomic E-state index is 14.3. The van der Waals surface area contributed by atoms with Crippen LogP contribution in [-0.4, -0.2) is 5.67 Å². The van der Waals surface area contributed by atoms with Gasteiger partial charge < -0.3 is 0 Å². The Morgan fingerprint density at radius 3 is 1.88 bits per heavy atom. The summed E-state index contributed by atoms with van der Waals surface area (Å²) < 4.78 is 14.3. The Kier molecular flexibility index (Phi) is 8.05. The third-order valence-electron chi connectivity index (χ3n) is 3.35. The second kappa shape index (κ2) is 8.08. The van der Waals surface area contributed by atoms with Gasteiger partial charge in [-0.05, 0) is 38.0 Å². The van der Waals surface area contributed by atoms with Crippen molar-refractivity contribution in [1.82, 2.24) is 0 Å². The summed E-state index contributed by atoms with van der Waals surface area (Å²) >= 11 is 0. The van der Waals surface area contributed by atoms with Crippen LogP contribution in [0.5, 0.6) is 0 Å². The van der Waals surface area contributed by atoms with E-state index in [1.165, 1.54) is 25.7 Å². The average Bonchev–Trinajstić information content (AvgIpc) is 2.15. The summed E-state index contributed by atoms with van der Waals surface area (Å²) in [6, 6.07) is 0. The van der Waals surface area contributed by atoms with Crippen molar-refractivity contribution in [2.75, 3.05) is 0 Å². The zero-order chi connectivity index (χ0) is 12.6. The first-order chi connectivity index (χ1) is 7.41. The molecule has 0 aliphatic rings. The van der Waals surface area contributed by atoms with Crippen molar-refractivity contribution >= 4 is 0 Å². The van der Waals surface area contributed by atoms with Crippen molar-refractivity contribution in [2.45, 2.75) is 85.2 Å². The molecule has 0 aliphatic carbocycles. The molecule has 1 unspecified atom stereocenters. The van der Waals surface area contributed by atoms with Gasteiger partial charge in [0.05, 0.1) is 0 Å². The lowest BCUT2D eigenvalue weighted by Gasteiger charge is -2.26. The molecule has 1 atom stereocenters. The van der Waals surface area contributed by atoms with Gasteiger partial charge in [0, 0.05) is 0 Å². The van der Waals surface area contributed by atoms with E-state index in [0.29, 0.717) is 11.8 Å². The second-order valence-electron chi connectivity index (χ2n) is 5.99. The maximum absolute atomic E-state index is 14.3. The number of hydrogen-bond acceptors (Lipinski definition) is 0. The molecule has 0 saturated carbocycles. The molecule has 0 aromatic heterocycles. The van der Waals surface area contributed by atoms with E-state index in [9.17, 15) is 4.39 Å². The molecule has 0 fully saturated rings. The molecule has 0 heterocycles. The first-order valence-electron chi connectivity index (χ1n) is 7.10. The van der Waals surface area contributed by atoms with Gasteiger partial charge in [-0.15, -0.1) is 0 Å². The maximum Gasteiger partial charge on any atom is 0.108 e. The number of hydrogen-bond donors (Lipinski definition) is 0. The summed E-state index contributed by atoms with van der Waals surface area (Å²) in [4.78, 5) is 0. The molecule has 0 aromatic carbocycles. The Hall–Kier alpha value is -0.0700. The van der Waals surface area contributed by atoms with Crippen LogP contribution in [0.4, 0.5) is 4.39 Å². The average molecular weight is 230 g/mol. The molecule has 0 nitrogen and oxygen atoms in total. The number of rotatable bonds is 9. The molecular formula is C15H31F. The van der Waals surface area contributed by atoms with Gasteiger partial charge in [0.2, 0.25) is 0 Å². The molecule has 0 rings (SSSR count). The third kappa shape index (κ3) is 8.13. The van der Waals surface area contributed by atoms with Gasteiger partial charge >= 0.3 is 0 Å². The molecule has 16 heavy (non-hydrogen) atoms. The van der Waals surface area contributed by atoms with E-state index in [-0.39, 0.29) is 0 Å². The van der Waals surface area contributed by atoms with Crippen LogP contribution in [0.15, 0.2) is 0 Å². The molecule has 0 N–H and O–H groups in total. The van der Waals surface area contributed by atoms with Crippen molar-refractivity contribution in [3.8, 4) is 0 Å². The highest BCUT2D eigenvalue weighted by molar-refractivity contribution is 4.78. The molecule has 1 heteroatoms. The number of halogens is 1. The van der Waals surface area contributed by atoms with Gasteiger partial charge in [-0.2, -0.15) is 0 Å². The zero-order valence-corrected chi connectivity index (χ0v) is 12.0. The Balaban J connectivity index is 4.06. The fourth-order valence-electron chi connectivity index (χ4n) is 2.46. The summed E-state index contributed by atoms with van der Waals surface area (Å²) in [7, 11) is 0. The molecule has 0 radical (unpaired) electrons. The van der Waals surface area contributed by atoms with E-state index in [1.54, 1.807) is 6.92 Å². The van der Waals surface area contributed by atoms with E-state index in [0.717, 1.165) is 19.3 Å². The van der Waals surface area contributed by atoms with E-state index in [4.69, 9.17) is 0 Å². The molecule has 0 aliphatic heterocycles.